The number of rotatable bonds is 2. The fourth-order valence-corrected chi connectivity index (χ4v) is 4.81. The summed E-state index contributed by atoms with van der Waals surface area (Å²) in [5.41, 5.74) is 3.46. The monoisotopic (exact) mass is 321 g/mol. The van der Waals surface area contributed by atoms with Crippen LogP contribution < -0.4 is 5.32 Å². The Morgan fingerprint density at radius 1 is 1.26 bits per heavy atom. The van der Waals surface area contributed by atoms with Crippen molar-refractivity contribution in [2.24, 2.45) is 16.7 Å². The number of nitrogens with one attached hydrogen (secondary N) is 1. The van der Waals surface area contributed by atoms with Crippen LogP contribution in [0.25, 0.3) is 0 Å². The fraction of sp³-hybridized carbons (Fsp3) is 0.647. The summed E-state index contributed by atoms with van der Waals surface area (Å²) in [5.74, 6) is 0.895. The van der Waals surface area contributed by atoms with Crippen LogP contribution >= 0.6 is 15.9 Å². The molecule has 2 saturated carbocycles. The van der Waals surface area contributed by atoms with Gasteiger partial charge in [0.15, 0.2) is 0 Å². The van der Waals surface area contributed by atoms with E-state index in [4.69, 9.17) is 0 Å². The molecule has 0 amide bonds. The number of fused-ring (bicyclic) bond motifs is 2. The van der Waals surface area contributed by atoms with Gasteiger partial charge in [0, 0.05) is 16.2 Å². The summed E-state index contributed by atoms with van der Waals surface area (Å²) in [5, 5.41) is 3.85. The molecule has 0 aliphatic heterocycles. The van der Waals surface area contributed by atoms with Gasteiger partial charge in [0.1, 0.15) is 0 Å². The van der Waals surface area contributed by atoms with Crippen molar-refractivity contribution in [3.8, 4) is 0 Å². The highest BCUT2D eigenvalue weighted by Crippen LogP contribution is 2.63. The van der Waals surface area contributed by atoms with Gasteiger partial charge in [-0.25, -0.2) is 0 Å². The maximum absolute atomic E-state index is 3.85. The topological polar surface area (TPSA) is 12.0 Å². The Hall–Kier alpha value is -0.500. The summed E-state index contributed by atoms with van der Waals surface area (Å²) in [6.07, 6.45) is 4.20. The molecule has 1 N–H and O–H groups in total. The first-order valence-electron chi connectivity index (χ1n) is 7.36. The molecule has 0 saturated heterocycles. The van der Waals surface area contributed by atoms with Gasteiger partial charge in [-0.1, -0.05) is 36.7 Å². The second kappa shape index (κ2) is 4.25. The van der Waals surface area contributed by atoms with Crippen molar-refractivity contribution in [2.45, 2.75) is 53.0 Å². The minimum atomic E-state index is 0.411. The van der Waals surface area contributed by atoms with E-state index in [-0.39, 0.29) is 0 Å². The van der Waals surface area contributed by atoms with Gasteiger partial charge in [0.05, 0.1) is 0 Å². The molecule has 104 valence electrons. The van der Waals surface area contributed by atoms with Crippen molar-refractivity contribution < 1.29 is 0 Å². The van der Waals surface area contributed by atoms with Crippen LogP contribution in [-0.2, 0) is 0 Å². The van der Waals surface area contributed by atoms with Crippen molar-refractivity contribution >= 4 is 21.6 Å². The molecule has 2 fully saturated rings. The van der Waals surface area contributed by atoms with Gasteiger partial charge in [-0.15, -0.1) is 0 Å². The number of halogens is 1. The van der Waals surface area contributed by atoms with Crippen molar-refractivity contribution in [1.29, 1.82) is 0 Å². The lowest BCUT2D eigenvalue weighted by molar-refractivity contribution is 0.155. The first-order valence-corrected chi connectivity index (χ1v) is 8.15. The Balaban J connectivity index is 1.88. The van der Waals surface area contributed by atoms with E-state index >= 15 is 0 Å². The number of hydrogen-bond acceptors (Lipinski definition) is 1. The molecule has 2 bridgehead atoms. The average Bonchev–Trinajstić information content (AvgIpc) is 2.80. The largest absolute Gasteiger partial charge is 0.381 e. The van der Waals surface area contributed by atoms with E-state index in [0.29, 0.717) is 16.9 Å². The van der Waals surface area contributed by atoms with Crippen LogP contribution in [0, 0.1) is 23.7 Å². The zero-order valence-electron chi connectivity index (χ0n) is 12.4. The summed E-state index contributed by atoms with van der Waals surface area (Å²) in [7, 11) is 0. The third-order valence-corrected chi connectivity index (χ3v) is 6.63. The van der Waals surface area contributed by atoms with Gasteiger partial charge < -0.3 is 5.32 Å². The molecule has 0 heterocycles. The maximum Gasteiger partial charge on any atom is 0.0368 e. The Morgan fingerprint density at radius 3 is 2.58 bits per heavy atom. The van der Waals surface area contributed by atoms with Crippen molar-refractivity contribution in [2.75, 3.05) is 5.32 Å². The molecular weight excluding hydrogens is 298 g/mol. The van der Waals surface area contributed by atoms with Crippen LogP contribution in [0.1, 0.15) is 45.6 Å². The first-order chi connectivity index (χ1) is 8.83. The van der Waals surface area contributed by atoms with E-state index in [2.05, 4.69) is 67.1 Å². The molecule has 3 rings (SSSR count). The zero-order chi connectivity index (χ0) is 13.8. The van der Waals surface area contributed by atoms with Gasteiger partial charge in [-0.3, -0.25) is 0 Å². The van der Waals surface area contributed by atoms with Gasteiger partial charge in [0.2, 0.25) is 0 Å². The quantitative estimate of drug-likeness (QED) is 0.770. The highest BCUT2D eigenvalue weighted by Gasteiger charge is 2.59. The highest BCUT2D eigenvalue weighted by atomic mass is 79.9. The molecule has 0 aromatic heterocycles. The summed E-state index contributed by atoms with van der Waals surface area (Å²) >= 11 is 3.58. The molecule has 1 nitrogen and oxygen atoms in total. The molecule has 2 heteroatoms. The first kappa shape index (κ1) is 13.5. The lowest BCUT2D eigenvalue weighted by Crippen LogP contribution is -2.45. The molecule has 19 heavy (non-hydrogen) atoms. The van der Waals surface area contributed by atoms with E-state index < -0.39 is 0 Å². The molecule has 2 aliphatic rings. The van der Waals surface area contributed by atoms with Gasteiger partial charge in [-0.2, -0.15) is 0 Å². The smallest absolute Gasteiger partial charge is 0.0368 e. The molecule has 1 aromatic carbocycles. The van der Waals surface area contributed by atoms with E-state index in [1.165, 1.54) is 35.0 Å². The molecule has 2 aliphatic carbocycles. The van der Waals surface area contributed by atoms with Crippen LogP contribution in [0.3, 0.4) is 0 Å². The number of hydrogen-bond donors (Lipinski definition) is 1. The molecule has 1 aromatic rings. The van der Waals surface area contributed by atoms with Gasteiger partial charge in [-0.05, 0) is 66.7 Å². The second-order valence-electron chi connectivity index (χ2n) is 7.46. The minimum Gasteiger partial charge on any atom is -0.381 e. The Kier molecular flexibility index (Phi) is 3.01. The number of anilines is 1. The average molecular weight is 322 g/mol. The Bertz CT molecular complexity index is 503. The fourth-order valence-electron chi connectivity index (χ4n) is 4.56. The van der Waals surface area contributed by atoms with Gasteiger partial charge in [0.25, 0.3) is 0 Å². The molecule has 0 spiro atoms. The van der Waals surface area contributed by atoms with Crippen LogP contribution in [0.15, 0.2) is 22.7 Å². The lowest BCUT2D eigenvalue weighted by Gasteiger charge is -2.43. The van der Waals surface area contributed by atoms with Crippen LogP contribution in [-0.4, -0.2) is 6.04 Å². The Morgan fingerprint density at radius 2 is 2.00 bits per heavy atom. The van der Waals surface area contributed by atoms with Crippen molar-refractivity contribution in [3.05, 3.63) is 28.2 Å². The SMILES string of the molecule is Cc1cc(NC2C3(C)CCC(C3)C2(C)C)ccc1Br. The van der Waals surface area contributed by atoms with Gasteiger partial charge >= 0.3 is 0 Å². The summed E-state index contributed by atoms with van der Waals surface area (Å²) in [6, 6.07) is 7.21. The van der Waals surface area contributed by atoms with Crippen molar-refractivity contribution in [1.82, 2.24) is 0 Å². The van der Waals surface area contributed by atoms with Crippen LogP contribution in [0.5, 0.6) is 0 Å². The van der Waals surface area contributed by atoms with Crippen LogP contribution in [0.4, 0.5) is 5.69 Å². The predicted molar refractivity (Wildman–Crippen MR) is 85.5 cm³/mol. The summed E-state index contributed by atoms with van der Waals surface area (Å²) in [6.45, 7) is 9.53. The highest BCUT2D eigenvalue weighted by molar-refractivity contribution is 9.10. The lowest BCUT2D eigenvalue weighted by atomic mass is 9.68. The van der Waals surface area contributed by atoms with Crippen LogP contribution in [0.2, 0.25) is 0 Å². The molecule has 3 unspecified atom stereocenters. The maximum atomic E-state index is 3.85. The Labute approximate surface area is 125 Å². The third kappa shape index (κ3) is 2.03. The summed E-state index contributed by atoms with van der Waals surface area (Å²) < 4.78 is 1.19. The number of aryl methyl sites for hydroxylation is 1. The van der Waals surface area contributed by atoms with E-state index in [1.54, 1.807) is 0 Å². The summed E-state index contributed by atoms with van der Waals surface area (Å²) in [4.78, 5) is 0. The standard InChI is InChI=1S/C17H24BrN/c1-11-9-13(5-6-14(11)18)19-15-16(2,3)12-7-8-17(15,4)10-12/h5-6,9,12,15,19H,7-8,10H2,1-4H3. The predicted octanol–water partition coefficient (Wildman–Crippen LogP) is 5.38. The second-order valence-corrected chi connectivity index (χ2v) is 8.31. The van der Waals surface area contributed by atoms with E-state index in [1.807, 2.05) is 0 Å². The third-order valence-electron chi connectivity index (χ3n) is 5.74. The van der Waals surface area contributed by atoms with Crippen molar-refractivity contribution in [3.63, 3.8) is 0 Å². The zero-order valence-corrected chi connectivity index (χ0v) is 14.0. The number of benzene rings is 1. The molecule has 0 radical (unpaired) electrons. The minimum absolute atomic E-state index is 0.411. The molecular formula is C17H24BrN. The molecule has 3 atom stereocenters. The normalized spacial score (nSPS) is 35.6. The van der Waals surface area contributed by atoms with E-state index in [9.17, 15) is 0 Å². The van der Waals surface area contributed by atoms with E-state index in [0.717, 1.165) is 5.92 Å².